The maximum Gasteiger partial charge on any atom is 0.151 e. The molecule has 0 aliphatic carbocycles. The summed E-state index contributed by atoms with van der Waals surface area (Å²) < 4.78 is 10.1. The summed E-state index contributed by atoms with van der Waals surface area (Å²) in [4.78, 5) is 0. The average molecular weight is 236 g/mol. The number of hydrogen-bond donors (Lipinski definition) is 0. The van der Waals surface area contributed by atoms with E-state index in [1.54, 1.807) is 0 Å². The van der Waals surface area contributed by atoms with Crippen molar-refractivity contribution in [3.05, 3.63) is 0 Å². The average Bonchev–Trinajstić information content (AvgIpc) is 2.04. The molecule has 74 valence electrons. The van der Waals surface area contributed by atoms with Crippen LogP contribution >= 0.6 is 34.8 Å². The molecule has 2 unspecified atom stereocenters. The molecule has 0 rings (SSSR count). The molecule has 12 heavy (non-hydrogen) atoms. The van der Waals surface area contributed by atoms with E-state index in [0.29, 0.717) is 13.2 Å². The minimum atomic E-state index is -0.606. The third-order valence-corrected chi connectivity index (χ3v) is 2.66. The van der Waals surface area contributed by atoms with Gasteiger partial charge in [-0.05, 0) is 13.8 Å². The molecule has 2 atom stereocenters. The van der Waals surface area contributed by atoms with E-state index in [4.69, 9.17) is 44.3 Å². The Morgan fingerprint density at radius 2 is 1.25 bits per heavy atom. The molecule has 0 saturated heterocycles. The maximum absolute atomic E-state index is 5.83. The van der Waals surface area contributed by atoms with E-state index >= 15 is 0 Å². The summed E-state index contributed by atoms with van der Waals surface area (Å²) >= 11 is 17.3. The topological polar surface area (TPSA) is 18.5 Å². The van der Waals surface area contributed by atoms with Crippen molar-refractivity contribution >= 4 is 34.8 Å². The second-order valence-electron chi connectivity index (χ2n) is 2.06. The fourth-order valence-electron chi connectivity index (χ4n) is 0.621. The van der Waals surface area contributed by atoms with E-state index in [0.717, 1.165) is 0 Å². The molecule has 0 aromatic carbocycles. The lowest BCUT2D eigenvalue weighted by atomic mass is 10.4. The van der Waals surface area contributed by atoms with Gasteiger partial charge >= 0.3 is 0 Å². The van der Waals surface area contributed by atoms with E-state index < -0.39 is 16.5 Å². The van der Waals surface area contributed by atoms with Gasteiger partial charge in [0, 0.05) is 13.2 Å². The number of hydrogen-bond acceptors (Lipinski definition) is 2. The number of rotatable bonds is 6. The molecule has 0 bridgehead atoms. The summed E-state index contributed by atoms with van der Waals surface area (Å²) in [5, 5.41) is -0.534. The molecule has 0 radical (unpaired) electrons. The molecule has 0 aromatic heterocycles. The van der Waals surface area contributed by atoms with Gasteiger partial charge in [0.25, 0.3) is 0 Å². The largest absolute Gasteiger partial charge is 0.361 e. The van der Waals surface area contributed by atoms with Crippen LogP contribution in [0.15, 0.2) is 0 Å². The van der Waals surface area contributed by atoms with Gasteiger partial charge in [0.15, 0.2) is 11.1 Å². The predicted octanol–water partition coefficient (Wildman–Crippen LogP) is 2.80. The van der Waals surface area contributed by atoms with Gasteiger partial charge in [-0.2, -0.15) is 0 Å². The maximum atomic E-state index is 5.83. The normalized spacial score (nSPS) is 18.8. The first-order chi connectivity index (χ1) is 5.63. The van der Waals surface area contributed by atoms with Crippen molar-refractivity contribution in [2.45, 2.75) is 30.4 Å². The van der Waals surface area contributed by atoms with Crippen LogP contribution in [0.1, 0.15) is 13.8 Å². The Morgan fingerprint density at radius 1 is 0.917 bits per heavy atom. The number of halogens is 3. The molecule has 0 spiro atoms. The molecule has 0 N–H and O–H groups in total. The zero-order chi connectivity index (χ0) is 9.56. The Bertz CT molecular complexity index is 101. The van der Waals surface area contributed by atoms with Crippen molar-refractivity contribution in [3.63, 3.8) is 0 Å². The van der Waals surface area contributed by atoms with Crippen molar-refractivity contribution < 1.29 is 9.47 Å². The molecule has 0 aromatic rings. The highest BCUT2D eigenvalue weighted by Gasteiger charge is 2.25. The molecule has 0 fully saturated rings. The highest BCUT2D eigenvalue weighted by molar-refractivity contribution is 6.34. The van der Waals surface area contributed by atoms with E-state index in [1.165, 1.54) is 0 Å². The van der Waals surface area contributed by atoms with Gasteiger partial charge in [0.1, 0.15) is 5.38 Å². The van der Waals surface area contributed by atoms with Gasteiger partial charge in [-0.25, -0.2) is 0 Å². The quantitative estimate of drug-likeness (QED) is 0.659. The van der Waals surface area contributed by atoms with Crippen LogP contribution in [0.5, 0.6) is 0 Å². The molecule has 0 heterocycles. The lowest BCUT2D eigenvalue weighted by Gasteiger charge is -2.20. The summed E-state index contributed by atoms with van der Waals surface area (Å²) in [6.45, 7) is 4.69. The Labute approximate surface area is 88.1 Å². The second kappa shape index (κ2) is 7.22. The molecule has 5 heteroatoms. The van der Waals surface area contributed by atoms with Gasteiger partial charge in [-0.3, -0.25) is 0 Å². The fourth-order valence-corrected chi connectivity index (χ4v) is 1.36. The Kier molecular flexibility index (Phi) is 7.69. The van der Waals surface area contributed by atoms with Crippen LogP contribution in [0, 0.1) is 0 Å². The van der Waals surface area contributed by atoms with Crippen molar-refractivity contribution in [2.75, 3.05) is 13.2 Å². The first-order valence-corrected chi connectivity index (χ1v) is 5.09. The summed E-state index contributed by atoms with van der Waals surface area (Å²) in [6.07, 6.45) is 0. The van der Waals surface area contributed by atoms with E-state index in [9.17, 15) is 0 Å². The summed E-state index contributed by atoms with van der Waals surface area (Å²) in [5.74, 6) is 0. The Morgan fingerprint density at radius 3 is 1.50 bits per heavy atom. The van der Waals surface area contributed by atoms with Gasteiger partial charge in [0.05, 0.1) is 0 Å². The molecule has 0 saturated carbocycles. The zero-order valence-corrected chi connectivity index (χ0v) is 9.36. The van der Waals surface area contributed by atoms with Crippen molar-refractivity contribution in [1.29, 1.82) is 0 Å². The van der Waals surface area contributed by atoms with Crippen molar-refractivity contribution in [1.82, 2.24) is 0 Å². The summed E-state index contributed by atoms with van der Waals surface area (Å²) in [5.41, 5.74) is -1.21. The van der Waals surface area contributed by atoms with Gasteiger partial charge in [0.2, 0.25) is 0 Å². The van der Waals surface area contributed by atoms with Gasteiger partial charge in [-0.15, -0.1) is 11.6 Å². The fraction of sp³-hybridized carbons (Fsp3) is 1.00. The third-order valence-electron chi connectivity index (χ3n) is 1.15. The van der Waals surface area contributed by atoms with Gasteiger partial charge < -0.3 is 9.47 Å². The number of alkyl halides is 3. The van der Waals surface area contributed by atoms with Crippen LogP contribution in [0.4, 0.5) is 0 Å². The van der Waals surface area contributed by atoms with Crippen LogP contribution < -0.4 is 0 Å². The van der Waals surface area contributed by atoms with Crippen LogP contribution in [-0.4, -0.2) is 29.7 Å². The SMILES string of the molecule is CCOC(Cl)C(Cl)C(Cl)OCC. The number of ether oxygens (including phenoxy) is 2. The second-order valence-corrected chi connectivity index (χ2v) is 3.42. The van der Waals surface area contributed by atoms with E-state index in [1.807, 2.05) is 13.8 Å². The minimum Gasteiger partial charge on any atom is -0.361 e. The van der Waals surface area contributed by atoms with Crippen molar-refractivity contribution in [2.24, 2.45) is 0 Å². The molecular formula is C7H13Cl3O2. The molecular weight excluding hydrogens is 222 g/mol. The van der Waals surface area contributed by atoms with Crippen LogP contribution in [0.3, 0.4) is 0 Å². The third kappa shape index (κ3) is 4.73. The Hall–Kier alpha value is 0.790. The molecule has 2 nitrogen and oxygen atoms in total. The van der Waals surface area contributed by atoms with Crippen LogP contribution in [0.25, 0.3) is 0 Å². The van der Waals surface area contributed by atoms with Crippen LogP contribution in [0.2, 0.25) is 0 Å². The first kappa shape index (κ1) is 12.8. The monoisotopic (exact) mass is 234 g/mol. The van der Waals surface area contributed by atoms with Gasteiger partial charge in [-0.1, -0.05) is 23.2 Å². The van der Waals surface area contributed by atoms with Crippen LogP contribution in [-0.2, 0) is 9.47 Å². The summed E-state index contributed by atoms with van der Waals surface area (Å²) in [7, 11) is 0. The highest BCUT2D eigenvalue weighted by atomic mass is 35.5. The van der Waals surface area contributed by atoms with Crippen molar-refractivity contribution in [3.8, 4) is 0 Å². The zero-order valence-electron chi connectivity index (χ0n) is 7.10. The predicted molar refractivity (Wildman–Crippen MR) is 52.2 cm³/mol. The lowest BCUT2D eigenvalue weighted by molar-refractivity contribution is 0.0599. The van der Waals surface area contributed by atoms with E-state index in [2.05, 4.69) is 0 Å². The molecule has 0 aliphatic rings. The first-order valence-electron chi connectivity index (χ1n) is 3.78. The lowest BCUT2D eigenvalue weighted by Crippen LogP contribution is -2.29. The van der Waals surface area contributed by atoms with E-state index in [-0.39, 0.29) is 0 Å². The highest BCUT2D eigenvalue weighted by Crippen LogP contribution is 2.20. The summed E-state index contributed by atoms with van der Waals surface area (Å²) in [6, 6.07) is 0. The Balaban J connectivity index is 3.73. The standard InChI is InChI=1S/C7H13Cl3O2/c1-3-11-6(9)5(8)7(10)12-4-2/h5-7H,3-4H2,1-2H3. The smallest absolute Gasteiger partial charge is 0.151 e. The minimum absolute atomic E-state index is 0.507. The molecule has 0 amide bonds. The molecule has 0 aliphatic heterocycles.